The summed E-state index contributed by atoms with van der Waals surface area (Å²) in [5.74, 6) is -1.78. The lowest BCUT2D eigenvalue weighted by atomic mass is 9.96. The van der Waals surface area contributed by atoms with Crippen LogP contribution in [0.3, 0.4) is 0 Å². The topological polar surface area (TPSA) is 42.0 Å². The van der Waals surface area contributed by atoms with Crippen molar-refractivity contribution in [3.63, 3.8) is 0 Å². The van der Waals surface area contributed by atoms with Crippen molar-refractivity contribution in [2.24, 2.45) is 0 Å². The van der Waals surface area contributed by atoms with Gasteiger partial charge in [0.1, 0.15) is 6.10 Å². The Balaban J connectivity index is 1.77. The molecule has 0 amide bonds. The summed E-state index contributed by atoms with van der Waals surface area (Å²) >= 11 is 6.19. The molecule has 0 aromatic rings. The van der Waals surface area contributed by atoms with Crippen LogP contribution < -0.4 is 0 Å². The SMILES string of the molecule is CCCCCCCC1(O)OC2(C)OC2CC1Cl. The van der Waals surface area contributed by atoms with E-state index in [1.54, 1.807) is 0 Å². The highest BCUT2D eigenvalue weighted by molar-refractivity contribution is 6.21. The van der Waals surface area contributed by atoms with Gasteiger partial charge in [-0.25, -0.2) is 0 Å². The highest BCUT2D eigenvalue weighted by atomic mass is 35.5. The molecule has 0 saturated carbocycles. The van der Waals surface area contributed by atoms with E-state index < -0.39 is 11.6 Å². The molecule has 1 N–H and O–H groups in total. The Morgan fingerprint density at radius 1 is 1.29 bits per heavy atom. The summed E-state index contributed by atoms with van der Waals surface area (Å²) in [7, 11) is 0. The molecule has 0 bridgehead atoms. The van der Waals surface area contributed by atoms with Crippen LogP contribution >= 0.6 is 11.6 Å². The minimum Gasteiger partial charge on any atom is -0.364 e. The summed E-state index contributed by atoms with van der Waals surface area (Å²) in [6.45, 7) is 4.07. The van der Waals surface area contributed by atoms with E-state index in [4.69, 9.17) is 21.1 Å². The number of ether oxygens (including phenoxy) is 2. The summed E-state index contributed by atoms with van der Waals surface area (Å²) in [5, 5.41) is 10.1. The molecule has 100 valence electrons. The van der Waals surface area contributed by atoms with Crippen LogP contribution in [0, 0.1) is 0 Å². The van der Waals surface area contributed by atoms with E-state index in [0.717, 1.165) is 12.8 Å². The lowest BCUT2D eigenvalue weighted by Crippen LogP contribution is -2.50. The van der Waals surface area contributed by atoms with Crippen molar-refractivity contribution in [2.45, 2.75) is 81.8 Å². The van der Waals surface area contributed by atoms with Gasteiger partial charge in [-0.2, -0.15) is 0 Å². The second-order valence-corrected chi connectivity index (χ2v) is 5.96. The predicted octanol–water partition coefficient (Wildman–Crippen LogP) is 3.18. The van der Waals surface area contributed by atoms with Crippen molar-refractivity contribution in [3.05, 3.63) is 0 Å². The zero-order valence-corrected chi connectivity index (χ0v) is 11.5. The first-order chi connectivity index (χ1) is 8.00. The number of hydrogen-bond acceptors (Lipinski definition) is 3. The van der Waals surface area contributed by atoms with Crippen molar-refractivity contribution < 1.29 is 14.6 Å². The molecule has 4 atom stereocenters. The number of halogens is 1. The highest BCUT2D eigenvalue weighted by Crippen LogP contribution is 2.51. The van der Waals surface area contributed by atoms with Crippen LogP contribution in [0.2, 0.25) is 0 Å². The van der Waals surface area contributed by atoms with E-state index in [2.05, 4.69) is 6.92 Å². The van der Waals surface area contributed by atoms with E-state index >= 15 is 0 Å². The van der Waals surface area contributed by atoms with E-state index in [0.29, 0.717) is 12.8 Å². The minimum atomic E-state index is -1.20. The van der Waals surface area contributed by atoms with Gasteiger partial charge in [-0.05, 0) is 13.3 Å². The summed E-state index contributed by atoms with van der Waals surface area (Å²) in [4.78, 5) is 0. The average molecular weight is 263 g/mol. The Morgan fingerprint density at radius 2 is 2.00 bits per heavy atom. The summed E-state index contributed by atoms with van der Waals surface area (Å²) < 4.78 is 11.1. The normalized spacial score (nSPS) is 44.5. The third kappa shape index (κ3) is 2.95. The van der Waals surface area contributed by atoms with Crippen molar-refractivity contribution in [1.82, 2.24) is 0 Å². The maximum atomic E-state index is 10.4. The average Bonchev–Trinajstić information content (AvgIpc) is 2.88. The van der Waals surface area contributed by atoms with Crippen LogP contribution in [0.15, 0.2) is 0 Å². The fourth-order valence-corrected chi connectivity index (χ4v) is 2.89. The van der Waals surface area contributed by atoms with Crippen molar-refractivity contribution in [3.8, 4) is 0 Å². The predicted molar refractivity (Wildman–Crippen MR) is 66.9 cm³/mol. The number of alkyl halides is 1. The number of hydrogen-bond donors (Lipinski definition) is 1. The molecule has 3 nitrogen and oxygen atoms in total. The lowest BCUT2D eigenvalue weighted by Gasteiger charge is -2.37. The largest absolute Gasteiger partial charge is 0.364 e. The van der Waals surface area contributed by atoms with E-state index in [-0.39, 0.29) is 11.5 Å². The molecule has 0 radical (unpaired) electrons. The zero-order valence-electron chi connectivity index (χ0n) is 10.7. The first-order valence-electron chi connectivity index (χ1n) is 6.74. The standard InChI is InChI=1S/C13H23ClO3/c1-3-4-5-6-7-8-13(15)10(14)9-11-12(2,16-11)17-13/h10-11,15H,3-9H2,1-2H3. The molecule has 0 aromatic carbocycles. The van der Waals surface area contributed by atoms with E-state index in [1.165, 1.54) is 19.3 Å². The third-order valence-electron chi connectivity index (χ3n) is 3.83. The number of rotatable bonds is 6. The van der Waals surface area contributed by atoms with Gasteiger partial charge in [0.25, 0.3) is 0 Å². The van der Waals surface area contributed by atoms with Gasteiger partial charge in [-0.3, -0.25) is 0 Å². The van der Waals surface area contributed by atoms with Crippen LogP contribution in [0.4, 0.5) is 0 Å². The Bertz CT molecular complexity index is 273. The molecule has 2 fully saturated rings. The summed E-state index contributed by atoms with van der Waals surface area (Å²) in [5.41, 5.74) is 0. The molecule has 2 heterocycles. The molecule has 0 aromatic heterocycles. The number of epoxide rings is 1. The molecule has 0 aliphatic carbocycles. The smallest absolute Gasteiger partial charge is 0.195 e. The third-order valence-corrected chi connectivity index (χ3v) is 4.35. The van der Waals surface area contributed by atoms with Crippen LogP contribution in [-0.4, -0.2) is 28.2 Å². The second-order valence-electron chi connectivity index (χ2n) is 5.44. The first-order valence-corrected chi connectivity index (χ1v) is 7.18. The molecule has 2 aliphatic heterocycles. The molecule has 2 rings (SSSR count). The maximum absolute atomic E-state index is 10.4. The van der Waals surface area contributed by atoms with Gasteiger partial charge >= 0.3 is 0 Å². The van der Waals surface area contributed by atoms with Crippen LogP contribution in [0.25, 0.3) is 0 Å². The van der Waals surface area contributed by atoms with Crippen LogP contribution in [-0.2, 0) is 9.47 Å². The minimum absolute atomic E-state index is 0.0744. The first kappa shape index (κ1) is 13.6. The Kier molecular flexibility index (Phi) is 4.03. The molecular formula is C13H23ClO3. The Hall–Kier alpha value is 0.170. The highest BCUT2D eigenvalue weighted by Gasteiger charge is 2.64. The monoisotopic (exact) mass is 262 g/mol. The molecule has 4 unspecified atom stereocenters. The van der Waals surface area contributed by atoms with Crippen molar-refractivity contribution >= 4 is 11.6 Å². The number of aliphatic hydroxyl groups is 1. The number of fused-ring (bicyclic) bond motifs is 1. The molecule has 17 heavy (non-hydrogen) atoms. The van der Waals surface area contributed by atoms with Gasteiger partial charge in [-0.1, -0.05) is 32.6 Å². The maximum Gasteiger partial charge on any atom is 0.195 e. The Labute approximate surface area is 108 Å². The molecule has 0 spiro atoms. The molecule has 2 saturated heterocycles. The van der Waals surface area contributed by atoms with Crippen molar-refractivity contribution in [1.29, 1.82) is 0 Å². The molecule has 4 heteroatoms. The lowest BCUT2D eigenvalue weighted by molar-refractivity contribution is -0.269. The van der Waals surface area contributed by atoms with Gasteiger partial charge in [0, 0.05) is 12.8 Å². The number of unbranched alkanes of at least 4 members (excludes halogenated alkanes) is 4. The van der Waals surface area contributed by atoms with Gasteiger partial charge in [-0.15, -0.1) is 11.6 Å². The van der Waals surface area contributed by atoms with Gasteiger partial charge in [0.15, 0.2) is 11.6 Å². The van der Waals surface area contributed by atoms with Crippen LogP contribution in [0.1, 0.15) is 58.8 Å². The van der Waals surface area contributed by atoms with Gasteiger partial charge in [0.2, 0.25) is 0 Å². The molecule has 2 aliphatic rings. The summed E-state index contributed by atoms with van der Waals surface area (Å²) in [6, 6.07) is 0. The summed E-state index contributed by atoms with van der Waals surface area (Å²) in [6.07, 6.45) is 7.16. The van der Waals surface area contributed by atoms with Crippen LogP contribution in [0.5, 0.6) is 0 Å². The van der Waals surface area contributed by atoms with Gasteiger partial charge in [0.05, 0.1) is 5.38 Å². The fourth-order valence-electron chi connectivity index (χ4n) is 2.58. The van der Waals surface area contributed by atoms with E-state index in [1.807, 2.05) is 6.92 Å². The van der Waals surface area contributed by atoms with Crippen molar-refractivity contribution in [2.75, 3.05) is 0 Å². The zero-order chi connectivity index (χ0) is 12.5. The van der Waals surface area contributed by atoms with Gasteiger partial charge < -0.3 is 14.6 Å². The van der Waals surface area contributed by atoms with E-state index in [9.17, 15) is 5.11 Å². The fraction of sp³-hybridized carbons (Fsp3) is 1.00. The molecular weight excluding hydrogens is 240 g/mol. The second kappa shape index (κ2) is 5.04. The Morgan fingerprint density at radius 3 is 2.71 bits per heavy atom. The quantitative estimate of drug-likeness (QED) is 0.454.